The van der Waals surface area contributed by atoms with Gasteiger partial charge in [-0.05, 0) is 5.56 Å². The number of hydrogen-bond acceptors (Lipinski definition) is 2. The van der Waals surface area contributed by atoms with Crippen LogP contribution in [0.1, 0.15) is 5.56 Å². The molecule has 0 aliphatic heterocycles. The topological polar surface area (TPSA) is 32.3 Å². The summed E-state index contributed by atoms with van der Waals surface area (Å²) in [6.45, 7) is 0.545. The molecular formula is C8H9ClN2O. The molecule has 0 saturated carbocycles. The summed E-state index contributed by atoms with van der Waals surface area (Å²) in [5, 5.41) is 0. The molecule has 0 aliphatic rings. The molecule has 3 nitrogen and oxygen atoms in total. The van der Waals surface area contributed by atoms with Crippen LogP contribution < -0.4 is 5.43 Å². The lowest BCUT2D eigenvalue weighted by atomic mass is 10.2. The number of hydrazine groups is 1. The summed E-state index contributed by atoms with van der Waals surface area (Å²) < 4.78 is 0.868. The fourth-order valence-corrected chi connectivity index (χ4v) is 0.860. The minimum absolute atomic E-state index is 0.504. The number of nitrogens with zero attached hydrogens (tertiary/aromatic N) is 1. The van der Waals surface area contributed by atoms with E-state index in [0.717, 1.165) is 10.1 Å². The van der Waals surface area contributed by atoms with Gasteiger partial charge in [-0.1, -0.05) is 30.3 Å². The zero-order valence-corrected chi connectivity index (χ0v) is 7.16. The van der Waals surface area contributed by atoms with E-state index in [0.29, 0.717) is 13.0 Å². The van der Waals surface area contributed by atoms with Crippen LogP contribution >= 0.6 is 11.8 Å². The van der Waals surface area contributed by atoms with Gasteiger partial charge in [-0.15, -0.1) is 0 Å². The fraction of sp³-hybridized carbons (Fsp3) is 0.125. The van der Waals surface area contributed by atoms with Gasteiger partial charge in [-0.25, -0.2) is 5.43 Å². The Balaban J connectivity index is 2.38. The molecular weight excluding hydrogens is 176 g/mol. The highest BCUT2D eigenvalue weighted by atomic mass is 35.5. The summed E-state index contributed by atoms with van der Waals surface area (Å²) in [6, 6.07) is 9.68. The van der Waals surface area contributed by atoms with Crippen LogP contribution in [0.15, 0.2) is 30.3 Å². The van der Waals surface area contributed by atoms with Gasteiger partial charge in [0.15, 0.2) is 0 Å². The molecule has 1 amide bonds. The molecule has 0 fully saturated rings. The Labute approximate surface area is 76.0 Å². The van der Waals surface area contributed by atoms with Crippen LogP contribution in [-0.4, -0.2) is 10.9 Å². The summed E-state index contributed by atoms with van der Waals surface area (Å²) in [6.07, 6.45) is 0.504. The molecule has 1 rings (SSSR count). The van der Waals surface area contributed by atoms with Crippen molar-refractivity contribution in [2.45, 2.75) is 6.54 Å². The molecule has 0 bridgehead atoms. The molecule has 0 radical (unpaired) electrons. The van der Waals surface area contributed by atoms with Crippen molar-refractivity contribution in [3.05, 3.63) is 35.9 Å². The third-order valence-corrected chi connectivity index (χ3v) is 1.57. The maximum Gasteiger partial charge on any atom is 0.239 e. The minimum atomic E-state index is 0.504. The molecule has 0 aromatic heterocycles. The maximum atomic E-state index is 10.1. The van der Waals surface area contributed by atoms with E-state index in [1.54, 1.807) is 0 Å². The van der Waals surface area contributed by atoms with Crippen LogP contribution in [0.3, 0.4) is 0 Å². The van der Waals surface area contributed by atoms with Crippen molar-refractivity contribution in [1.29, 1.82) is 0 Å². The van der Waals surface area contributed by atoms with Gasteiger partial charge in [0.1, 0.15) is 0 Å². The van der Waals surface area contributed by atoms with Crippen molar-refractivity contribution in [2.24, 2.45) is 0 Å². The van der Waals surface area contributed by atoms with Crippen molar-refractivity contribution < 1.29 is 4.79 Å². The molecule has 64 valence electrons. The third kappa shape index (κ3) is 2.90. The van der Waals surface area contributed by atoms with Gasteiger partial charge in [0.05, 0.1) is 0 Å². The van der Waals surface area contributed by atoms with E-state index >= 15 is 0 Å². The molecule has 12 heavy (non-hydrogen) atoms. The highest BCUT2D eigenvalue weighted by Crippen LogP contribution is 1.97. The normalized spacial score (nSPS) is 9.42. The van der Waals surface area contributed by atoms with Crippen LogP contribution in [0.2, 0.25) is 0 Å². The molecule has 1 N–H and O–H groups in total. The highest BCUT2D eigenvalue weighted by molar-refractivity contribution is 6.17. The van der Waals surface area contributed by atoms with E-state index in [4.69, 9.17) is 11.8 Å². The van der Waals surface area contributed by atoms with E-state index in [9.17, 15) is 4.79 Å². The van der Waals surface area contributed by atoms with Crippen LogP contribution in [0, 0.1) is 0 Å². The van der Waals surface area contributed by atoms with Crippen molar-refractivity contribution in [2.75, 3.05) is 0 Å². The highest BCUT2D eigenvalue weighted by Gasteiger charge is 1.94. The number of hydrogen-bond donors (Lipinski definition) is 1. The van der Waals surface area contributed by atoms with Gasteiger partial charge < -0.3 is 0 Å². The first kappa shape index (κ1) is 9.03. The average molecular weight is 185 g/mol. The van der Waals surface area contributed by atoms with Gasteiger partial charge in [-0.3, -0.25) is 4.79 Å². The van der Waals surface area contributed by atoms with Gasteiger partial charge >= 0.3 is 0 Å². The summed E-state index contributed by atoms with van der Waals surface area (Å²) >= 11 is 5.37. The summed E-state index contributed by atoms with van der Waals surface area (Å²) in [5.41, 5.74) is 3.75. The van der Waals surface area contributed by atoms with Crippen molar-refractivity contribution in [1.82, 2.24) is 9.95 Å². The Morgan fingerprint density at radius 1 is 1.42 bits per heavy atom. The predicted molar refractivity (Wildman–Crippen MR) is 47.0 cm³/mol. The predicted octanol–water partition coefficient (Wildman–Crippen LogP) is 1.30. The number of amides is 1. The summed E-state index contributed by atoms with van der Waals surface area (Å²) in [4.78, 5) is 10.1. The number of benzene rings is 1. The van der Waals surface area contributed by atoms with E-state index in [2.05, 4.69) is 5.43 Å². The standard InChI is InChI=1S/C8H9ClN2O/c9-11(7-12)10-6-8-4-2-1-3-5-8/h1-5,7,10H,6H2. The van der Waals surface area contributed by atoms with Gasteiger partial charge in [0, 0.05) is 18.3 Å². The van der Waals surface area contributed by atoms with E-state index in [1.165, 1.54) is 0 Å². The second kappa shape index (κ2) is 4.74. The first-order valence-corrected chi connectivity index (χ1v) is 3.84. The van der Waals surface area contributed by atoms with E-state index in [-0.39, 0.29) is 0 Å². The van der Waals surface area contributed by atoms with Crippen molar-refractivity contribution in [3.8, 4) is 0 Å². The van der Waals surface area contributed by atoms with Crippen molar-refractivity contribution in [3.63, 3.8) is 0 Å². The van der Waals surface area contributed by atoms with Gasteiger partial charge in [0.25, 0.3) is 0 Å². The first-order chi connectivity index (χ1) is 5.83. The minimum Gasteiger partial charge on any atom is -0.276 e. The fourth-order valence-electron chi connectivity index (χ4n) is 0.800. The lowest BCUT2D eigenvalue weighted by molar-refractivity contribution is -0.116. The summed E-state index contributed by atoms with van der Waals surface area (Å²) in [5.74, 6) is 0. The van der Waals surface area contributed by atoms with Crippen molar-refractivity contribution >= 4 is 18.2 Å². The van der Waals surface area contributed by atoms with Gasteiger partial charge in [0.2, 0.25) is 6.41 Å². The Kier molecular flexibility index (Phi) is 3.57. The monoisotopic (exact) mass is 184 g/mol. The molecule has 0 aliphatic carbocycles. The molecule has 4 heteroatoms. The SMILES string of the molecule is O=CN(Cl)NCc1ccccc1. The molecule has 1 aromatic carbocycles. The lowest BCUT2D eigenvalue weighted by Crippen LogP contribution is -2.27. The van der Waals surface area contributed by atoms with E-state index in [1.807, 2.05) is 30.3 Å². The molecule has 1 aromatic rings. The van der Waals surface area contributed by atoms with Crippen LogP contribution in [0.4, 0.5) is 0 Å². The van der Waals surface area contributed by atoms with Crippen LogP contribution in [0.25, 0.3) is 0 Å². The quantitative estimate of drug-likeness (QED) is 0.435. The molecule has 0 saturated heterocycles. The Morgan fingerprint density at radius 2 is 2.08 bits per heavy atom. The number of carbonyl (C=O) groups is 1. The maximum absolute atomic E-state index is 10.1. The zero-order chi connectivity index (χ0) is 8.81. The zero-order valence-electron chi connectivity index (χ0n) is 6.40. The Hall–Kier alpha value is -1.06. The lowest BCUT2D eigenvalue weighted by Gasteiger charge is -2.08. The number of halogens is 1. The smallest absolute Gasteiger partial charge is 0.239 e. The van der Waals surface area contributed by atoms with E-state index < -0.39 is 0 Å². The molecule has 0 heterocycles. The van der Waals surface area contributed by atoms with Crippen LogP contribution in [-0.2, 0) is 11.3 Å². The van der Waals surface area contributed by atoms with Crippen LogP contribution in [0.5, 0.6) is 0 Å². The number of nitrogens with one attached hydrogen (secondary N) is 1. The summed E-state index contributed by atoms with van der Waals surface area (Å²) in [7, 11) is 0. The number of carbonyl (C=O) groups excluding carboxylic acids is 1. The number of rotatable bonds is 4. The van der Waals surface area contributed by atoms with Gasteiger partial charge in [-0.2, -0.15) is 4.53 Å². The second-order valence-electron chi connectivity index (χ2n) is 2.24. The Morgan fingerprint density at radius 3 is 2.67 bits per heavy atom. The molecule has 0 spiro atoms. The largest absolute Gasteiger partial charge is 0.276 e. The average Bonchev–Trinajstić information content (AvgIpc) is 2.16. The molecule has 0 atom stereocenters. The second-order valence-corrected chi connectivity index (χ2v) is 2.60. The molecule has 0 unspecified atom stereocenters. The third-order valence-electron chi connectivity index (χ3n) is 1.37. The Bertz CT molecular complexity index is 240. The first-order valence-electron chi connectivity index (χ1n) is 3.50.